The largest absolute Gasteiger partial charge is 0.493 e. The number of aryl methyl sites for hydroxylation is 1. The van der Waals surface area contributed by atoms with E-state index in [0.717, 1.165) is 35.3 Å². The smallest absolute Gasteiger partial charge is 0.163 e. The van der Waals surface area contributed by atoms with Crippen LogP contribution in [0.2, 0.25) is 0 Å². The molecule has 0 saturated heterocycles. The molecule has 112 valence electrons. The summed E-state index contributed by atoms with van der Waals surface area (Å²) in [7, 11) is 0. The summed E-state index contributed by atoms with van der Waals surface area (Å²) in [6.07, 6.45) is 2.22. The third-order valence-electron chi connectivity index (χ3n) is 3.28. The van der Waals surface area contributed by atoms with Crippen molar-refractivity contribution in [1.29, 1.82) is 0 Å². The normalized spacial score (nSPS) is 10.9. The van der Waals surface area contributed by atoms with Gasteiger partial charge in [-0.1, -0.05) is 20.8 Å². The van der Waals surface area contributed by atoms with Gasteiger partial charge in [0.25, 0.3) is 0 Å². The maximum absolute atomic E-state index is 12.2. The fourth-order valence-corrected chi connectivity index (χ4v) is 2.28. The number of benzene rings is 1. The number of Topliss-reactive ketones (excluding diaryl/α,β-unsaturated/α-hetero) is 1. The summed E-state index contributed by atoms with van der Waals surface area (Å²) >= 11 is 5.66. The second kappa shape index (κ2) is 8.31. The Morgan fingerprint density at radius 1 is 1.35 bits per heavy atom. The van der Waals surface area contributed by atoms with E-state index in [1.807, 2.05) is 19.1 Å². The molecule has 0 aliphatic heterocycles. The van der Waals surface area contributed by atoms with Crippen molar-refractivity contribution in [2.24, 2.45) is 0 Å². The highest BCUT2D eigenvalue weighted by Gasteiger charge is 2.15. The van der Waals surface area contributed by atoms with Crippen LogP contribution >= 0.6 is 11.6 Å². The molecule has 0 fully saturated rings. The molecule has 1 aromatic rings. The zero-order valence-corrected chi connectivity index (χ0v) is 13.7. The van der Waals surface area contributed by atoms with Gasteiger partial charge in [0.1, 0.15) is 5.75 Å². The molecule has 0 spiro atoms. The number of halogens is 1. The van der Waals surface area contributed by atoms with Gasteiger partial charge in [-0.25, -0.2) is 0 Å². The molecule has 1 aromatic carbocycles. The zero-order chi connectivity index (χ0) is 15.1. The molecule has 2 nitrogen and oxygen atoms in total. The number of hydrogen-bond acceptors (Lipinski definition) is 2. The first-order chi connectivity index (χ1) is 9.51. The van der Waals surface area contributed by atoms with Crippen LogP contribution in [0.3, 0.4) is 0 Å². The fraction of sp³-hybridized carbons (Fsp3) is 0.588. The Bertz CT molecular complexity index is 453. The Kier molecular flexibility index (Phi) is 7.08. The number of ether oxygens (including phenoxy) is 1. The Morgan fingerprint density at radius 3 is 2.60 bits per heavy atom. The van der Waals surface area contributed by atoms with E-state index in [-0.39, 0.29) is 5.78 Å². The van der Waals surface area contributed by atoms with Gasteiger partial charge < -0.3 is 4.74 Å². The van der Waals surface area contributed by atoms with Crippen LogP contribution in [-0.4, -0.2) is 18.3 Å². The van der Waals surface area contributed by atoms with Gasteiger partial charge in [-0.2, -0.15) is 0 Å². The van der Waals surface area contributed by atoms with Crippen LogP contribution in [0.5, 0.6) is 5.75 Å². The van der Waals surface area contributed by atoms with E-state index in [1.54, 1.807) is 0 Å². The molecule has 0 saturated carbocycles. The summed E-state index contributed by atoms with van der Waals surface area (Å²) < 4.78 is 5.81. The van der Waals surface area contributed by atoms with Crippen LogP contribution in [-0.2, 0) is 0 Å². The zero-order valence-electron chi connectivity index (χ0n) is 13.0. The van der Waals surface area contributed by atoms with E-state index in [1.165, 1.54) is 0 Å². The van der Waals surface area contributed by atoms with Gasteiger partial charge in [0.2, 0.25) is 0 Å². The average Bonchev–Trinajstić information content (AvgIpc) is 2.42. The molecule has 0 unspecified atom stereocenters. The minimum absolute atomic E-state index is 0.173. The van der Waals surface area contributed by atoms with E-state index >= 15 is 0 Å². The van der Waals surface area contributed by atoms with Crippen molar-refractivity contribution in [1.82, 2.24) is 0 Å². The highest BCUT2D eigenvalue weighted by atomic mass is 35.5. The summed E-state index contributed by atoms with van der Waals surface area (Å²) in [5.74, 6) is 1.95. The molecule has 0 N–H and O–H groups in total. The molecule has 0 atom stereocenters. The lowest BCUT2D eigenvalue weighted by atomic mass is 9.93. The number of carbonyl (C=O) groups excluding carboxylic acids is 1. The van der Waals surface area contributed by atoms with Crippen molar-refractivity contribution >= 4 is 17.4 Å². The molecule has 0 amide bonds. The second-order valence-corrected chi connectivity index (χ2v) is 5.80. The molecule has 0 aliphatic rings. The van der Waals surface area contributed by atoms with Crippen molar-refractivity contribution in [3.05, 3.63) is 28.8 Å². The summed E-state index contributed by atoms with van der Waals surface area (Å²) in [6.45, 7) is 9.01. The maximum Gasteiger partial charge on any atom is 0.163 e. The monoisotopic (exact) mass is 296 g/mol. The van der Waals surface area contributed by atoms with Crippen molar-refractivity contribution < 1.29 is 9.53 Å². The van der Waals surface area contributed by atoms with E-state index in [0.29, 0.717) is 24.8 Å². The van der Waals surface area contributed by atoms with Gasteiger partial charge in [-0.3, -0.25) is 4.79 Å². The minimum atomic E-state index is 0.173. The van der Waals surface area contributed by atoms with Gasteiger partial charge >= 0.3 is 0 Å². The predicted octanol–water partition coefficient (Wildman–Crippen LogP) is 5.11. The van der Waals surface area contributed by atoms with E-state index in [4.69, 9.17) is 16.3 Å². The van der Waals surface area contributed by atoms with E-state index < -0.39 is 0 Å². The highest BCUT2D eigenvalue weighted by molar-refractivity contribution is 6.18. The third kappa shape index (κ3) is 4.52. The van der Waals surface area contributed by atoms with Crippen LogP contribution in [0.4, 0.5) is 0 Å². The Balaban J connectivity index is 3.09. The molecule has 0 aromatic heterocycles. The lowest BCUT2D eigenvalue weighted by Gasteiger charge is -2.17. The number of alkyl halides is 1. The number of hydrogen-bond donors (Lipinski definition) is 0. The lowest BCUT2D eigenvalue weighted by Crippen LogP contribution is -2.07. The summed E-state index contributed by atoms with van der Waals surface area (Å²) in [4.78, 5) is 12.2. The first-order valence-electron chi connectivity index (χ1n) is 7.37. The van der Waals surface area contributed by atoms with Crippen LogP contribution < -0.4 is 4.74 Å². The molecule has 0 aliphatic carbocycles. The van der Waals surface area contributed by atoms with E-state index in [9.17, 15) is 4.79 Å². The average molecular weight is 297 g/mol. The summed E-state index contributed by atoms with van der Waals surface area (Å²) in [6, 6.07) is 4.00. The van der Waals surface area contributed by atoms with Crippen molar-refractivity contribution in [3.63, 3.8) is 0 Å². The van der Waals surface area contributed by atoms with Gasteiger partial charge in [0.05, 0.1) is 6.61 Å². The number of carbonyl (C=O) groups is 1. The maximum atomic E-state index is 12.2. The lowest BCUT2D eigenvalue weighted by molar-refractivity contribution is 0.0981. The molecule has 3 heteroatoms. The van der Waals surface area contributed by atoms with E-state index in [2.05, 4.69) is 20.8 Å². The van der Waals surface area contributed by atoms with Crippen molar-refractivity contribution in [3.8, 4) is 5.75 Å². The fourth-order valence-electron chi connectivity index (χ4n) is 2.15. The van der Waals surface area contributed by atoms with Gasteiger partial charge in [0.15, 0.2) is 5.78 Å². The van der Waals surface area contributed by atoms with Crippen LogP contribution in [0.1, 0.15) is 67.4 Å². The van der Waals surface area contributed by atoms with Gasteiger partial charge in [-0.05, 0) is 48.9 Å². The molecule has 20 heavy (non-hydrogen) atoms. The van der Waals surface area contributed by atoms with Crippen LogP contribution in [0.25, 0.3) is 0 Å². The highest BCUT2D eigenvalue weighted by Crippen LogP contribution is 2.30. The third-order valence-corrected chi connectivity index (χ3v) is 3.55. The quantitative estimate of drug-likeness (QED) is 0.492. The summed E-state index contributed by atoms with van der Waals surface area (Å²) in [5.41, 5.74) is 2.90. The van der Waals surface area contributed by atoms with Gasteiger partial charge in [-0.15, -0.1) is 11.6 Å². The van der Waals surface area contributed by atoms with Crippen LogP contribution in [0.15, 0.2) is 12.1 Å². The SMILES string of the molecule is CCCOc1cc(C)c(C(=O)CCCCl)cc1C(C)C. The standard InChI is InChI=1S/C17H25ClO2/c1-5-9-20-17-10-13(4)15(11-14(17)12(2)3)16(19)7-6-8-18/h10-12H,5-9H2,1-4H3. The molecule has 0 radical (unpaired) electrons. The van der Waals surface area contributed by atoms with Crippen molar-refractivity contribution in [2.75, 3.05) is 12.5 Å². The summed E-state index contributed by atoms with van der Waals surface area (Å²) in [5, 5.41) is 0. The number of rotatable bonds is 8. The number of ketones is 1. The molecule has 0 bridgehead atoms. The van der Waals surface area contributed by atoms with Crippen molar-refractivity contribution in [2.45, 2.75) is 52.9 Å². The molecular formula is C17H25ClO2. The first-order valence-corrected chi connectivity index (χ1v) is 7.91. The Hall–Kier alpha value is -1.02. The van der Waals surface area contributed by atoms with Crippen LogP contribution in [0, 0.1) is 6.92 Å². The second-order valence-electron chi connectivity index (χ2n) is 5.42. The first kappa shape index (κ1) is 17.0. The molecule has 1 rings (SSSR count). The molecule has 0 heterocycles. The predicted molar refractivity (Wildman–Crippen MR) is 85.3 cm³/mol. The Morgan fingerprint density at radius 2 is 2.05 bits per heavy atom. The van der Waals surface area contributed by atoms with Gasteiger partial charge in [0, 0.05) is 17.9 Å². The molecular weight excluding hydrogens is 272 g/mol. The topological polar surface area (TPSA) is 26.3 Å². The Labute approximate surface area is 127 Å². The minimum Gasteiger partial charge on any atom is -0.493 e.